The van der Waals surface area contributed by atoms with Gasteiger partial charge in [0.15, 0.2) is 6.61 Å². The molecule has 156 valence electrons. The van der Waals surface area contributed by atoms with Gasteiger partial charge in [-0.05, 0) is 18.9 Å². The zero-order valence-electron chi connectivity index (χ0n) is 15.8. The second-order valence-electron chi connectivity index (χ2n) is 7.07. The van der Waals surface area contributed by atoms with Crippen molar-refractivity contribution in [3.63, 3.8) is 0 Å². The van der Waals surface area contributed by atoms with E-state index in [9.17, 15) is 29.3 Å². The van der Waals surface area contributed by atoms with E-state index < -0.39 is 30.0 Å². The van der Waals surface area contributed by atoms with E-state index in [0.29, 0.717) is 12.8 Å². The number of carbonyl (C=O) groups excluding carboxylic acids is 4. The lowest BCUT2D eigenvalue weighted by atomic mass is 9.81. The van der Waals surface area contributed by atoms with Crippen LogP contribution in [-0.2, 0) is 23.9 Å². The highest BCUT2D eigenvalue weighted by molar-refractivity contribution is 6.07. The summed E-state index contributed by atoms with van der Waals surface area (Å²) in [4.78, 5) is 59.7. The Bertz CT molecular complexity index is 944. The molecule has 2 atom stereocenters. The molecule has 1 N–H and O–H groups in total. The molecule has 0 aromatic heterocycles. The summed E-state index contributed by atoms with van der Waals surface area (Å²) in [7, 11) is 0. The largest absolute Gasteiger partial charge is 0.454 e. The molecule has 0 radical (unpaired) electrons. The molecule has 2 fully saturated rings. The summed E-state index contributed by atoms with van der Waals surface area (Å²) in [6.07, 6.45) is 2.98. The Hall–Kier alpha value is -3.81. The van der Waals surface area contributed by atoms with Gasteiger partial charge < -0.3 is 10.1 Å². The summed E-state index contributed by atoms with van der Waals surface area (Å²) < 4.78 is 4.84. The zero-order chi connectivity index (χ0) is 21.8. The lowest BCUT2D eigenvalue weighted by Gasteiger charge is -2.19. The van der Waals surface area contributed by atoms with Crippen LogP contribution < -0.4 is 5.32 Å². The van der Waals surface area contributed by atoms with Crippen LogP contribution in [0.1, 0.15) is 31.2 Å². The highest BCUT2D eigenvalue weighted by Crippen LogP contribution is 2.37. The van der Waals surface area contributed by atoms with Crippen LogP contribution in [0.15, 0.2) is 18.2 Å². The smallest absolute Gasteiger partial charge is 0.326 e. The Balaban J connectivity index is 1.53. The van der Waals surface area contributed by atoms with Crippen molar-refractivity contribution in [3.05, 3.63) is 33.9 Å². The molecule has 1 aromatic rings. The van der Waals surface area contributed by atoms with Gasteiger partial charge in [-0.2, -0.15) is 5.26 Å². The van der Waals surface area contributed by atoms with Crippen molar-refractivity contribution in [1.82, 2.24) is 4.90 Å². The van der Waals surface area contributed by atoms with Crippen LogP contribution in [0.4, 0.5) is 11.4 Å². The third-order valence-corrected chi connectivity index (χ3v) is 5.19. The van der Waals surface area contributed by atoms with Crippen molar-refractivity contribution in [2.45, 2.75) is 25.7 Å². The first-order valence-corrected chi connectivity index (χ1v) is 9.31. The van der Waals surface area contributed by atoms with E-state index >= 15 is 0 Å². The van der Waals surface area contributed by atoms with Crippen LogP contribution in [0.25, 0.3) is 0 Å². The first-order valence-electron chi connectivity index (χ1n) is 9.31. The average molecular weight is 414 g/mol. The molecule has 0 bridgehead atoms. The number of nitriles is 1. The van der Waals surface area contributed by atoms with E-state index in [1.165, 1.54) is 6.07 Å². The summed E-state index contributed by atoms with van der Waals surface area (Å²) in [5.41, 5.74) is -0.408. The standard InChI is InChI=1S/C19H18N4O7/c20-8-11-7-12(23(28)29)5-6-15(11)21-16(24)10-30-17(25)9-22-18(26)13-3-1-2-4-14(13)19(22)27/h5-7,13-14H,1-4,9-10H2,(H,21,24)/t13-,14-/m0/s1. The number of ether oxygens (including phenoxy) is 1. The number of amides is 3. The maximum Gasteiger partial charge on any atom is 0.326 e. The predicted molar refractivity (Wildman–Crippen MR) is 99.6 cm³/mol. The number of likely N-dealkylation sites (tertiary alicyclic amines) is 1. The number of nitrogens with one attached hydrogen (secondary N) is 1. The molecule has 0 spiro atoms. The van der Waals surface area contributed by atoms with Crippen LogP contribution in [0, 0.1) is 33.3 Å². The molecule has 11 heteroatoms. The molecule has 1 aliphatic heterocycles. The molecular weight excluding hydrogens is 396 g/mol. The monoisotopic (exact) mass is 414 g/mol. The minimum atomic E-state index is -0.908. The highest BCUT2D eigenvalue weighted by Gasteiger charge is 2.48. The van der Waals surface area contributed by atoms with E-state index in [1.807, 2.05) is 0 Å². The van der Waals surface area contributed by atoms with Crippen LogP contribution >= 0.6 is 0 Å². The van der Waals surface area contributed by atoms with Crippen molar-refractivity contribution < 1.29 is 28.8 Å². The number of non-ortho nitro benzene ring substituents is 1. The number of nitro benzene ring substituents is 1. The molecule has 0 unspecified atom stereocenters. The van der Waals surface area contributed by atoms with Gasteiger partial charge in [-0.15, -0.1) is 0 Å². The lowest BCUT2D eigenvalue weighted by Crippen LogP contribution is -2.37. The lowest BCUT2D eigenvalue weighted by molar-refractivity contribution is -0.384. The maximum atomic E-state index is 12.4. The Morgan fingerprint density at radius 3 is 2.43 bits per heavy atom. The topological polar surface area (TPSA) is 160 Å². The molecule has 30 heavy (non-hydrogen) atoms. The van der Waals surface area contributed by atoms with Crippen molar-refractivity contribution in [3.8, 4) is 6.07 Å². The quantitative estimate of drug-likeness (QED) is 0.314. The van der Waals surface area contributed by atoms with Gasteiger partial charge in [0.05, 0.1) is 28.0 Å². The summed E-state index contributed by atoms with van der Waals surface area (Å²) in [5.74, 6) is -3.20. The number of hydrogen-bond donors (Lipinski definition) is 1. The first kappa shape index (κ1) is 20.9. The number of anilines is 1. The van der Waals surface area contributed by atoms with Crippen molar-refractivity contribution >= 4 is 35.1 Å². The fourth-order valence-electron chi connectivity index (χ4n) is 3.74. The normalized spacial score (nSPS) is 20.3. The van der Waals surface area contributed by atoms with Gasteiger partial charge in [-0.1, -0.05) is 12.8 Å². The molecule has 1 saturated heterocycles. The van der Waals surface area contributed by atoms with Gasteiger partial charge >= 0.3 is 5.97 Å². The van der Waals surface area contributed by atoms with Gasteiger partial charge in [-0.3, -0.25) is 34.2 Å². The number of carbonyl (C=O) groups is 4. The van der Waals surface area contributed by atoms with Gasteiger partial charge in [0.2, 0.25) is 11.8 Å². The molecule has 1 heterocycles. The maximum absolute atomic E-state index is 12.4. The number of esters is 1. The van der Waals surface area contributed by atoms with Crippen LogP contribution in [0.5, 0.6) is 0 Å². The first-order chi connectivity index (χ1) is 14.3. The molecule has 3 amide bonds. The Morgan fingerprint density at radius 1 is 1.23 bits per heavy atom. The molecule has 1 aliphatic carbocycles. The van der Waals surface area contributed by atoms with Gasteiger partial charge in [0.1, 0.15) is 12.6 Å². The van der Waals surface area contributed by atoms with Gasteiger partial charge in [0, 0.05) is 12.1 Å². The number of nitrogens with zero attached hydrogens (tertiary/aromatic N) is 3. The van der Waals surface area contributed by atoms with E-state index in [1.54, 1.807) is 6.07 Å². The summed E-state index contributed by atoms with van der Waals surface area (Å²) >= 11 is 0. The van der Waals surface area contributed by atoms with E-state index in [2.05, 4.69) is 5.32 Å². The fourth-order valence-corrected chi connectivity index (χ4v) is 3.74. The molecule has 2 aliphatic rings. The molecule has 1 aromatic carbocycles. The second-order valence-corrected chi connectivity index (χ2v) is 7.07. The summed E-state index contributed by atoms with van der Waals surface area (Å²) in [6, 6.07) is 5.05. The van der Waals surface area contributed by atoms with Crippen LogP contribution in [-0.4, -0.2) is 46.7 Å². The van der Waals surface area contributed by atoms with Crippen molar-refractivity contribution in [1.29, 1.82) is 5.26 Å². The number of benzene rings is 1. The number of imide groups is 1. The highest BCUT2D eigenvalue weighted by atomic mass is 16.6. The molecular formula is C19H18N4O7. The third kappa shape index (κ3) is 4.27. The van der Waals surface area contributed by atoms with E-state index in [0.717, 1.165) is 29.9 Å². The van der Waals surface area contributed by atoms with Crippen LogP contribution in [0.3, 0.4) is 0 Å². The average Bonchev–Trinajstić information content (AvgIpc) is 2.97. The minimum absolute atomic E-state index is 0.0260. The SMILES string of the molecule is N#Cc1cc([N+](=O)[O-])ccc1NC(=O)COC(=O)CN1C(=O)[C@H]2CCCC[C@@H]2C1=O. The van der Waals surface area contributed by atoms with E-state index in [-0.39, 0.29) is 40.6 Å². The van der Waals surface area contributed by atoms with E-state index in [4.69, 9.17) is 10.00 Å². The second kappa shape index (κ2) is 8.69. The Morgan fingerprint density at radius 2 is 1.87 bits per heavy atom. The van der Waals surface area contributed by atoms with Crippen molar-refractivity contribution in [2.75, 3.05) is 18.5 Å². The Kier molecular flexibility index (Phi) is 6.06. The minimum Gasteiger partial charge on any atom is -0.454 e. The Labute approximate surface area is 170 Å². The molecule has 1 saturated carbocycles. The number of hydrogen-bond acceptors (Lipinski definition) is 8. The number of fused-ring (bicyclic) bond motifs is 1. The molecule has 11 nitrogen and oxygen atoms in total. The van der Waals surface area contributed by atoms with Crippen LogP contribution in [0.2, 0.25) is 0 Å². The zero-order valence-corrected chi connectivity index (χ0v) is 15.8. The third-order valence-electron chi connectivity index (χ3n) is 5.19. The molecule has 3 rings (SSSR count). The fraction of sp³-hybridized carbons (Fsp3) is 0.421. The summed E-state index contributed by atoms with van der Waals surface area (Å²) in [6.45, 7) is -1.26. The number of rotatable bonds is 6. The predicted octanol–water partition coefficient (Wildman–Crippen LogP) is 1.12. The summed E-state index contributed by atoms with van der Waals surface area (Å²) in [5, 5.41) is 22.2. The number of nitro groups is 1. The van der Waals surface area contributed by atoms with Crippen molar-refractivity contribution in [2.24, 2.45) is 11.8 Å². The van der Waals surface area contributed by atoms with Gasteiger partial charge in [-0.25, -0.2) is 0 Å². The van der Waals surface area contributed by atoms with Gasteiger partial charge in [0.25, 0.3) is 11.6 Å².